The standard InChI is InChI=1S/C12H16N4O3/c1-12(2,3)19-11(18)16-9-4-5-10(13-7-17)15-8(9)6-14-16/h4-6,17H,7H2,1-3H3,(H,13,15). The van der Waals surface area contributed by atoms with Gasteiger partial charge in [0.05, 0.1) is 11.7 Å². The van der Waals surface area contributed by atoms with E-state index < -0.39 is 11.7 Å². The Morgan fingerprint density at radius 1 is 1.47 bits per heavy atom. The number of hydrogen-bond donors (Lipinski definition) is 2. The van der Waals surface area contributed by atoms with Crippen LogP contribution >= 0.6 is 0 Å². The second kappa shape index (κ2) is 4.85. The molecule has 0 unspecified atom stereocenters. The molecule has 2 aromatic rings. The predicted octanol–water partition coefficient (Wildman–Crippen LogP) is 1.58. The smallest absolute Gasteiger partial charge is 0.435 e. The van der Waals surface area contributed by atoms with Gasteiger partial charge in [-0.05, 0) is 32.9 Å². The number of aliphatic hydroxyl groups excluding tert-OH is 1. The molecule has 2 rings (SSSR count). The highest BCUT2D eigenvalue weighted by Crippen LogP contribution is 2.16. The maximum absolute atomic E-state index is 11.9. The van der Waals surface area contributed by atoms with Crippen molar-refractivity contribution >= 4 is 22.9 Å². The van der Waals surface area contributed by atoms with Gasteiger partial charge in [0.2, 0.25) is 0 Å². The van der Waals surface area contributed by atoms with E-state index in [4.69, 9.17) is 9.84 Å². The number of ether oxygens (including phenoxy) is 1. The van der Waals surface area contributed by atoms with Crippen molar-refractivity contribution in [1.29, 1.82) is 0 Å². The summed E-state index contributed by atoms with van der Waals surface area (Å²) in [6.45, 7) is 5.16. The van der Waals surface area contributed by atoms with Gasteiger partial charge in [-0.15, -0.1) is 0 Å². The zero-order chi connectivity index (χ0) is 14.0. The fraction of sp³-hybridized carbons (Fsp3) is 0.417. The van der Waals surface area contributed by atoms with Crippen LogP contribution in [-0.2, 0) is 4.74 Å². The van der Waals surface area contributed by atoms with Gasteiger partial charge >= 0.3 is 6.09 Å². The third-order valence-corrected chi connectivity index (χ3v) is 2.25. The molecule has 2 N–H and O–H groups in total. The molecule has 0 saturated heterocycles. The first-order chi connectivity index (χ1) is 8.90. The molecular weight excluding hydrogens is 248 g/mol. The lowest BCUT2D eigenvalue weighted by Gasteiger charge is -2.19. The van der Waals surface area contributed by atoms with E-state index in [1.54, 1.807) is 32.9 Å². The number of carbonyl (C=O) groups excluding carboxylic acids is 1. The average Bonchev–Trinajstić information content (AvgIpc) is 2.70. The van der Waals surface area contributed by atoms with E-state index in [1.165, 1.54) is 6.20 Å². The van der Waals surface area contributed by atoms with Crippen molar-refractivity contribution in [3.63, 3.8) is 0 Å². The molecule has 7 heteroatoms. The second-order valence-electron chi connectivity index (χ2n) is 4.97. The Balaban J connectivity index is 2.33. The first-order valence-electron chi connectivity index (χ1n) is 5.83. The summed E-state index contributed by atoms with van der Waals surface area (Å²) in [4.78, 5) is 16.1. The monoisotopic (exact) mass is 264 g/mol. The van der Waals surface area contributed by atoms with Gasteiger partial charge < -0.3 is 15.2 Å². The molecule has 0 aromatic carbocycles. The first kappa shape index (κ1) is 13.3. The quantitative estimate of drug-likeness (QED) is 0.800. The van der Waals surface area contributed by atoms with Crippen molar-refractivity contribution in [1.82, 2.24) is 14.8 Å². The summed E-state index contributed by atoms with van der Waals surface area (Å²) in [6.07, 6.45) is 0.925. The van der Waals surface area contributed by atoms with Crippen molar-refractivity contribution in [2.24, 2.45) is 0 Å². The highest BCUT2D eigenvalue weighted by Gasteiger charge is 2.20. The van der Waals surface area contributed by atoms with Crippen LogP contribution < -0.4 is 5.32 Å². The highest BCUT2D eigenvalue weighted by atomic mass is 16.6. The lowest BCUT2D eigenvalue weighted by molar-refractivity contribution is 0.0522. The van der Waals surface area contributed by atoms with Crippen LogP contribution in [0.1, 0.15) is 20.8 Å². The van der Waals surface area contributed by atoms with Crippen molar-refractivity contribution in [2.45, 2.75) is 26.4 Å². The SMILES string of the molecule is CC(C)(C)OC(=O)n1ncc2nc(NCO)ccc21. The van der Waals surface area contributed by atoms with E-state index in [9.17, 15) is 4.79 Å². The number of rotatable bonds is 2. The van der Waals surface area contributed by atoms with Gasteiger partial charge in [-0.3, -0.25) is 0 Å². The maximum Gasteiger partial charge on any atom is 0.435 e. The molecule has 7 nitrogen and oxygen atoms in total. The minimum Gasteiger partial charge on any atom is -0.442 e. The van der Waals surface area contributed by atoms with Gasteiger partial charge in [-0.2, -0.15) is 9.78 Å². The summed E-state index contributed by atoms with van der Waals surface area (Å²) in [7, 11) is 0. The van der Waals surface area contributed by atoms with Crippen LogP contribution in [0.5, 0.6) is 0 Å². The van der Waals surface area contributed by atoms with Gasteiger partial charge in [0.25, 0.3) is 0 Å². The fourth-order valence-corrected chi connectivity index (χ4v) is 1.55. The number of anilines is 1. The molecule has 0 atom stereocenters. The van der Waals surface area contributed by atoms with Gasteiger partial charge in [-0.1, -0.05) is 0 Å². The van der Waals surface area contributed by atoms with Crippen LogP contribution in [0.2, 0.25) is 0 Å². The number of hydrogen-bond acceptors (Lipinski definition) is 6. The molecule has 0 aliphatic heterocycles. The van der Waals surface area contributed by atoms with E-state index >= 15 is 0 Å². The Morgan fingerprint density at radius 3 is 2.84 bits per heavy atom. The number of aliphatic hydroxyl groups is 1. The molecule has 2 aromatic heterocycles. The molecule has 19 heavy (non-hydrogen) atoms. The molecule has 0 bridgehead atoms. The maximum atomic E-state index is 11.9. The van der Waals surface area contributed by atoms with Crippen molar-refractivity contribution in [3.05, 3.63) is 18.3 Å². The van der Waals surface area contributed by atoms with Crippen LogP contribution in [0.25, 0.3) is 11.0 Å². The summed E-state index contributed by atoms with van der Waals surface area (Å²) in [5.41, 5.74) is 0.517. The van der Waals surface area contributed by atoms with Gasteiger partial charge in [0, 0.05) is 0 Å². The number of aromatic nitrogens is 3. The molecule has 0 saturated carbocycles. The zero-order valence-electron chi connectivity index (χ0n) is 11.0. The number of fused-ring (bicyclic) bond motifs is 1. The Hall–Kier alpha value is -2.15. The Bertz CT molecular complexity index is 601. The topological polar surface area (TPSA) is 89.3 Å². The number of nitrogens with zero attached hydrogens (tertiary/aromatic N) is 3. The van der Waals surface area contributed by atoms with E-state index in [2.05, 4.69) is 15.4 Å². The average molecular weight is 264 g/mol. The van der Waals surface area contributed by atoms with E-state index in [1.807, 2.05) is 0 Å². The summed E-state index contributed by atoms with van der Waals surface area (Å²) < 4.78 is 6.41. The van der Waals surface area contributed by atoms with Gasteiger partial charge in [0.1, 0.15) is 23.7 Å². The lowest BCUT2D eigenvalue weighted by Crippen LogP contribution is -2.27. The summed E-state index contributed by atoms with van der Waals surface area (Å²) in [5, 5.41) is 15.4. The van der Waals surface area contributed by atoms with Crippen LogP contribution in [0.3, 0.4) is 0 Å². The fourth-order valence-electron chi connectivity index (χ4n) is 1.55. The van der Waals surface area contributed by atoms with Gasteiger partial charge in [-0.25, -0.2) is 9.78 Å². The molecule has 0 amide bonds. The third-order valence-electron chi connectivity index (χ3n) is 2.25. The molecule has 102 valence electrons. The van der Waals surface area contributed by atoms with Gasteiger partial charge in [0.15, 0.2) is 0 Å². The summed E-state index contributed by atoms with van der Waals surface area (Å²) in [6, 6.07) is 3.35. The minimum atomic E-state index is -0.582. The van der Waals surface area contributed by atoms with Crippen molar-refractivity contribution < 1.29 is 14.6 Å². The van der Waals surface area contributed by atoms with Crippen molar-refractivity contribution in [3.8, 4) is 0 Å². The number of carbonyl (C=O) groups is 1. The normalized spacial score (nSPS) is 11.6. The largest absolute Gasteiger partial charge is 0.442 e. The van der Waals surface area contributed by atoms with E-state index in [-0.39, 0.29) is 6.73 Å². The molecule has 0 aliphatic carbocycles. The first-order valence-corrected chi connectivity index (χ1v) is 5.83. The molecular formula is C12H16N4O3. The van der Waals surface area contributed by atoms with Crippen LogP contribution in [0, 0.1) is 0 Å². The Labute approximate surface area is 110 Å². The second-order valence-corrected chi connectivity index (χ2v) is 4.97. The molecule has 0 radical (unpaired) electrons. The van der Waals surface area contributed by atoms with E-state index in [0.29, 0.717) is 16.9 Å². The van der Waals surface area contributed by atoms with Crippen LogP contribution in [-0.4, -0.2) is 38.3 Å². The molecule has 0 aliphatic rings. The summed E-state index contributed by atoms with van der Waals surface area (Å²) in [5.74, 6) is 0.513. The van der Waals surface area contributed by atoms with Crippen LogP contribution in [0.4, 0.5) is 10.6 Å². The third kappa shape index (κ3) is 3.00. The van der Waals surface area contributed by atoms with E-state index in [0.717, 1.165) is 4.68 Å². The predicted molar refractivity (Wildman–Crippen MR) is 69.9 cm³/mol. The lowest BCUT2D eigenvalue weighted by atomic mass is 10.2. The zero-order valence-corrected chi connectivity index (χ0v) is 11.0. The molecule has 2 heterocycles. The summed E-state index contributed by atoms with van der Waals surface area (Å²) >= 11 is 0. The Kier molecular flexibility index (Phi) is 3.39. The number of nitrogens with one attached hydrogen (secondary N) is 1. The Morgan fingerprint density at radius 2 is 2.21 bits per heavy atom. The van der Waals surface area contributed by atoms with Crippen LogP contribution in [0.15, 0.2) is 18.3 Å². The highest BCUT2D eigenvalue weighted by molar-refractivity contribution is 5.86. The number of pyridine rings is 1. The molecule has 0 spiro atoms. The molecule has 0 fully saturated rings. The van der Waals surface area contributed by atoms with Crippen molar-refractivity contribution in [2.75, 3.05) is 12.0 Å². The minimum absolute atomic E-state index is 0.210.